The summed E-state index contributed by atoms with van der Waals surface area (Å²) in [4.78, 5) is 16.0. The Kier molecular flexibility index (Phi) is 4.32. The summed E-state index contributed by atoms with van der Waals surface area (Å²) in [6.07, 6.45) is 2.55. The minimum atomic E-state index is -0.445. The second-order valence-corrected chi connectivity index (χ2v) is 4.77. The number of aromatic nitrogens is 1. The van der Waals surface area contributed by atoms with E-state index >= 15 is 0 Å². The van der Waals surface area contributed by atoms with Crippen LogP contribution in [0.1, 0.15) is 62.7 Å². The Balaban J connectivity index is 3.16. The van der Waals surface area contributed by atoms with Crippen molar-refractivity contribution in [1.82, 2.24) is 4.98 Å². The van der Waals surface area contributed by atoms with E-state index in [0.717, 1.165) is 19.3 Å². The van der Waals surface area contributed by atoms with Crippen LogP contribution in [0.3, 0.4) is 0 Å². The van der Waals surface area contributed by atoms with Gasteiger partial charge in [0, 0.05) is 5.41 Å². The van der Waals surface area contributed by atoms with Crippen molar-refractivity contribution in [3.63, 3.8) is 0 Å². The van der Waals surface area contributed by atoms with E-state index in [2.05, 4.69) is 25.8 Å². The van der Waals surface area contributed by atoms with Gasteiger partial charge in [-0.05, 0) is 12.8 Å². The Labute approximate surface area is 102 Å². The highest BCUT2D eigenvalue weighted by Gasteiger charge is 2.29. The second-order valence-electron chi connectivity index (χ2n) is 4.77. The molecule has 0 fully saturated rings. The molecule has 17 heavy (non-hydrogen) atoms. The minimum Gasteiger partial charge on any atom is -0.463 e. The highest BCUT2D eigenvalue weighted by molar-refractivity contribution is 5.87. The molecule has 0 saturated carbocycles. The Morgan fingerprint density at radius 2 is 2.06 bits per heavy atom. The number of carbonyl (C=O) groups is 1. The monoisotopic (exact) mass is 239 g/mol. The summed E-state index contributed by atoms with van der Waals surface area (Å²) in [6, 6.07) is 0. The topological polar surface area (TPSA) is 52.3 Å². The molecule has 1 aromatic heterocycles. The maximum absolute atomic E-state index is 11.6. The predicted molar refractivity (Wildman–Crippen MR) is 65.2 cm³/mol. The van der Waals surface area contributed by atoms with Crippen LogP contribution in [0.15, 0.2) is 4.42 Å². The molecular formula is C13H21NO3. The van der Waals surface area contributed by atoms with Gasteiger partial charge in [-0.1, -0.05) is 34.1 Å². The zero-order valence-corrected chi connectivity index (χ0v) is 11.3. The SMILES string of the molecule is CCCc1nc(C(C)(C)CC)oc1C(=O)OC. The van der Waals surface area contributed by atoms with Crippen LogP contribution in [0, 0.1) is 0 Å². The van der Waals surface area contributed by atoms with Crippen molar-refractivity contribution in [2.24, 2.45) is 0 Å². The minimum absolute atomic E-state index is 0.158. The number of oxazole rings is 1. The molecule has 0 aliphatic heterocycles. The molecule has 4 heteroatoms. The molecule has 0 unspecified atom stereocenters. The van der Waals surface area contributed by atoms with Crippen molar-refractivity contribution < 1.29 is 13.9 Å². The van der Waals surface area contributed by atoms with Crippen LogP contribution in [0.5, 0.6) is 0 Å². The average Bonchev–Trinajstić information content (AvgIpc) is 2.73. The molecule has 0 atom stereocenters. The maximum atomic E-state index is 11.6. The van der Waals surface area contributed by atoms with E-state index in [1.165, 1.54) is 7.11 Å². The van der Waals surface area contributed by atoms with Crippen LogP contribution in [0.2, 0.25) is 0 Å². The number of esters is 1. The summed E-state index contributed by atoms with van der Waals surface area (Å²) in [5.74, 6) is 0.425. The second kappa shape index (κ2) is 5.34. The van der Waals surface area contributed by atoms with E-state index < -0.39 is 5.97 Å². The lowest BCUT2D eigenvalue weighted by molar-refractivity contribution is 0.0559. The van der Waals surface area contributed by atoms with Gasteiger partial charge in [-0.2, -0.15) is 0 Å². The fraction of sp³-hybridized carbons (Fsp3) is 0.692. The Morgan fingerprint density at radius 3 is 2.53 bits per heavy atom. The third-order valence-electron chi connectivity index (χ3n) is 3.02. The smallest absolute Gasteiger partial charge is 0.375 e. The largest absolute Gasteiger partial charge is 0.463 e. The summed E-state index contributed by atoms with van der Waals surface area (Å²) in [5, 5.41) is 0. The highest BCUT2D eigenvalue weighted by Crippen LogP contribution is 2.28. The molecule has 96 valence electrons. The van der Waals surface area contributed by atoms with Crippen molar-refractivity contribution in [2.75, 3.05) is 7.11 Å². The summed E-state index contributed by atoms with van der Waals surface area (Å²) >= 11 is 0. The van der Waals surface area contributed by atoms with Crippen LogP contribution < -0.4 is 0 Å². The van der Waals surface area contributed by atoms with E-state index in [-0.39, 0.29) is 11.2 Å². The van der Waals surface area contributed by atoms with Gasteiger partial charge >= 0.3 is 5.97 Å². The molecule has 1 aromatic rings. The number of methoxy groups -OCH3 is 1. The van der Waals surface area contributed by atoms with Gasteiger partial charge in [0.2, 0.25) is 11.7 Å². The molecule has 1 heterocycles. The van der Waals surface area contributed by atoms with E-state index in [1.807, 2.05) is 6.92 Å². The molecule has 0 amide bonds. The summed E-state index contributed by atoms with van der Waals surface area (Å²) < 4.78 is 10.3. The molecule has 0 aliphatic rings. The van der Waals surface area contributed by atoms with Crippen molar-refractivity contribution in [3.8, 4) is 0 Å². The molecule has 0 radical (unpaired) electrons. The van der Waals surface area contributed by atoms with Gasteiger partial charge in [-0.3, -0.25) is 0 Å². The quantitative estimate of drug-likeness (QED) is 0.741. The van der Waals surface area contributed by atoms with Gasteiger partial charge in [-0.25, -0.2) is 9.78 Å². The molecule has 4 nitrogen and oxygen atoms in total. The first-order chi connectivity index (χ1) is 7.96. The Hall–Kier alpha value is -1.32. The number of rotatable bonds is 5. The molecule has 1 rings (SSSR count). The highest BCUT2D eigenvalue weighted by atomic mass is 16.5. The fourth-order valence-electron chi connectivity index (χ4n) is 1.45. The van der Waals surface area contributed by atoms with Gasteiger partial charge < -0.3 is 9.15 Å². The number of hydrogen-bond donors (Lipinski definition) is 0. The third kappa shape index (κ3) is 2.87. The maximum Gasteiger partial charge on any atom is 0.375 e. The van der Waals surface area contributed by atoms with E-state index in [1.54, 1.807) is 0 Å². The third-order valence-corrected chi connectivity index (χ3v) is 3.02. The molecule has 0 saturated heterocycles. The summed E-state index contributed by atoms with van der Waals surface area (Å²) in [5.41, 5.74) is 0.547. The summed E-state index contributed by atoms with van der Waals surface area (Å²) in [6.45, 7) is 8.22. The van der Waals surface area contributed by atoms with E-state index in [4.69, 9.17) is 9.15 Å². The normalized spacial score (nSPS) is 11.6. The first-order valence-corrected chi connectivity index (χ1v) is 6.04. The van der Waals surface area contributed by atoms with Crippen LogP contribution >= 0.6 is 0 Å². The molecule has 0 aliphatic carbocycles. The van der Waals surface area contributed by atoms with Gasteiger partial charge in [-0.15, -0.1) is 0 Å². The molecule has 0 aromatic carbocycles. The standard InChI is InChI=1S/C13H21NO3/c1-6-8-9-10(11(15)16-5)17-12(14-9)13(3,4)7-2/h6-8H2,1-5H3. The fourth-order valence-corrected chi connectivity index (χ4v) is 1.45. The van der Waals surface area contributed by atoms with Crippen LogP contribution in [-0.2, 0) is 16.6 Å². The van der Waals surface area contributed by atoms with Crippen LogP contribution in [-0.4, -0.2) is 18.1 Å². The molecular weight excluding hydrogens is 218 g/mol. The van der Waals surface area contributed by atoms with Crippen molar-refractivity contribution >= 4 is 5.97 Å². The first kappa shape index (κ1) is 13.7. The van der Waals surface area contributed by atoms with Gasteiger partial charge in [0.15, 0.2) is 0 Å². The molecule has 0 spiro atoms. The van der Waals surface area contributed by atoms with Crippen molar-refractivity contribution in [1.29, 1.82) is 0 Å². The van der Waals surface area contributed by atoms with Gasteiger partial charge in [0.1, 0.15) is 0 Å². The predicted octanol–water partition coefficient (Wildman–Crippen LogP) is 3.10. The first-order valence-electron chi connectivity index (χ1n) is 6.04. The zero-order chi connectivity index (χ0) is 13.1. The van der Waals surface area contributed by atoms with Crippen molar-refractivity contribution in [3.05, 3.63) is 17.3 Å². The Bertz CT molecular complexity index is 393. The Morgan fingerprint density at radius 1 is 1.41 bits per heavy atom. The number of nitrogens with zero attached hydrogens (tertiary/aromatic N) is 1. The van der Waals surface area contributed by atoms with Crippen molar-refractivity contribution in [2.45, 2.75) is 52.4 Å². The van der Waals surface area contributed by atoms with Gasteiger partial charge in [0.25, 0.3) is 0 Å². The summed E-state index contributed by atoms with van der Waals surface area (Å²) in [7, 11) is 1.35. The lowest BCUT2D eigenvalue weighted by Gasteiger charge is -2.17. The van der Waals surface area contributed by atoms with Gasteiger partial charge in [0.05, 0.1) is 12.8 Å². The number of carbonyl (C=O) groups excluding carboxylic acids is 1. The average molecular weight is 239 g/mol. The lowest BCUT2D eigenvalue weighted by atomic mass is 9.90. The van der Waals surface area contributed by atoms with E-state index in [9.17, 15) is 4.79 Å². The zero-order valence-electron chi connectivity index (χ0n) is 11.3. The lowest BCUT2D eigenvalue weighted by Crippen LogP contribution is -2.15. The van der Waals surface area contributed by atoms with Crippen LogP contribution in [0.4, 0.5) is 0 Å². The van der Waals surface area contributed by atoms with E-state index in [0.29, 0.717) is 11.6 Å². The molecule has 0 N–H and O–H groups in total. The number of hydrogen-bond acceptors (Lipinski definition) is 4. The number of aryl methyl sites for hydroxylation is 1. The molecule has 0 bridgehead atoms. The number of ether oxygens (including phenoxy) is 1. The van der Waals surface area contributed by atoms with Crippen LogP contribution in [0.25, 0.3) is 0 Å².